The van der Waals surface area contributed by atoms with E-state index in [-0.39, 0.29) is 12.9 Å². The Morgan fingerprint density at radius 1 is 1.53 bits per heavy atom. The van der Waals surface area contributed by atoms with Gasteiger partial charge in [-0.3, -0.25) is 0 Å². The van der Waals surface area contributed by atoms with Crippen molar-refractivity contribution < 1.29 is 32.6 Å². The molecule has 0 fully saturated rings. The van der Waals surface area contributed by atoms with E-state index < -0.39 is 23.7 Å². The second-order valence-electron chi connectivity index (χ2n) is 2.91. The van der Waals surface area contributed by atoms with Gasteiger partial charge in [-0.1, -0.05) is 6.92 Å². The average Bonchev–Trinajstić information content (AvgIpc) is 2.13. The van der Waals surface area contributed by atoms with E-state index in [0.717, 1.165) is 6.92 Å². The summed E-state index contributed by atoms with van der Waals surface area (Å²) in [5, 5.41) is 9.19. The molecule has 0 aromatic rings. The van der Waals surface area contributed by atoms with Crippen molar-refractivity contribution in [2.75, 3.05) is 6.61 Å². The Hall–Kier alpha value is -1.11. The van der Waals surface area contributed by atoms with Gasteiger partial charge in [0.15, 0.2) is 0 Å². The molecular formula is C8H11F3O4. The van der Waals surface area contributed by atoms with Crippen LogP contribution in [0, 0.1) is 5.92 Å². The van der Waals surface area contributed by atoms with Crippen LogP contribution in [-0.2, 0) is 14.3 Å². The molecule has 15 heavy (non-hydrogen) atoms. The van der Waals surface area contributed by atoms with Crippen LogP contribution in [0.15, 0.2) is 0 Å². The lowest BCUT2D eigenvalue weighted by molar-refractivity contribution is -0.273. The van der Waals surface area contributed by atoms with Gasteiger partial charge in [-0.25, -0.2) is 4.79 Å². The largest absolute Gasteiger partial charge is 0.464 e. The summed E-state index contributed by atoms with van der Waals surface area (Å²) < 4.78 is 41.3. The van der Waals surface area contributed by atoms with Gasteiger partial charge in [-0.15, -0.1) is 0 Å². The lowest BCUT2D eigenvalue weighted by Crippen LogP contribution is -2.58. The molecule has 0 bridgehead atoms. The number of carbonyl (C=O) groups excluding carboxylic acids is 2. The summed E-state index contributed by atoms with van der Waals surface area (Å²) in [6.07, 6.45) is -5.40. The second kappa shape index (κ2) is 4.61. The maximum Gasteiger partial charge on any atom is 0.428 e. The van der Waals surface area contributed by atoms with Gasteiger partial charge < -0.3 is 14.6 Å². The lowest BCUT2D eigenvalue weighted by Gasteiger charge is -2.30. The van der Waals surface area contributed by atoms with Crippen molar-refractivity contribution >= 4 is 12.3 Å². The molecule has 88 valence electrons. The maximum atomic E-state index is 12.4. The van der Waals surface area contributed by atoms with E-state index in [4.69, 9.17) is 0 Å². The van der Waals surface area contributed by atoms with E-state index in [0.29, 0.717) is 0 Å². The number of rotatable bonds is 4. The minimum atomic E-state index is -5.25. The Kier molecular flexibility index (Phi) is 4.27. The summed E-state index contributed by atoms with van der Waals surface area (Å²) in [5.74, 6) is -3.78. The molecule has 0 heterocycles. The molecule has 0 unspecified atom stereocenters. The first-order valence-electron chi connectivity index (χ1n) is 4.13. The predicted octanol–water partition coefficient (Wildman–Crippen LogP) is 0.678. The van der Waals surface area contributed by atoms with Crippen LogP contribution in [0.5, 0.6) is 0 Å². The number of hydrogen-bond donors (Lipinski definition) is 1. The Bertz CT molecular complexity index is 251. The quantitative estimate of drug-likeness (QED) is 0.567. The molecule has 0 radical (unpaired) electrons. The minimum absolute atomic E-state index is 0.148. The molecule has 1 N–H and O–H groups in total. The number of aliphatic hydroxyl groups is 1. The monoisotopic (exact) mass is 228 g/mol. The molecule has 0 aliphatic rings. The van der Waals surface area contributed by atoms with Crippen LogP contribution in [0.1, 0.15) is 13.8 Å². The highest BCUT2D eigenvalue weighted by atomic mass is 19.4. The second-order valence-corrected chi connectivity index (χ2v) is 2.91. The fraction of sp³-hybridized carbons (Fsp3) is 0.750. The summed E-state index contributed by atoms with van der Waals surface area (Å²) >= 11 is 0. The third-order valence-corrected chi connectivity index (χ3v) is 1.88. The number of aldehydes is 1. The molecule has 0 saturated carbocycles. The van der Waals surface area contributed by atoms with E-state index in [1.165, 1.54) is 6.92 Å². The van der Waals surface area contributed by atoms with Gasteiger partial charge in [0.25, 0.3) is 5.60 Å². The van der Waals surface area contributed by atoms with Crippen LogP contribution in [0.2, 0.25) is 0 Å². The Labute approximate surface area is 84.0 Å². The lowest BCUT2D eigenvalue weighted by atomic mass is 9.89. The van der Waals surface area contributed by atoms with Crippen molar-refractivity contribution in [3.05, 3.63) is 0 Å². The first-order valence-corrected chi connectivity index (χ1v) is 4.13. The van der Waals surface area contributed by atoms with Gasteiger partial charge in [0.2, 0.25) is 0 Å². The van der Waals surface area contributed by atoms with Crippen molar-refractivity contribution in [2.24, 2.45) is 5.92 Å². The third kappa shape index (κ3) is 2.47. The van der Waals surface area contributed by atoms with Crippen LogP contribution >= 0.6 is 0 Å². The van der Waals surface area contributed by atoms with Gasteiger partial charge in [0, 0.05) is 0 Å². The normalized spacial score (nSPS) is 17.7. The third-order valence-electron chi connectivity index (χ3n) is 1.88. The van der Waals surface area contributed by atoms with Crippen molar-refractivity contribution in [3.63, 3.8) is 0 Å². The van der Waals surface area contributed by atoms with Crippen molar-refractivity contribution in [1.82, 2.24) is 0 Å². The van der Waals surface area contributed by atoms with Crippen molar-refractivity contribution in [2.45, 2.75) is 25.6 Å². The maximum absolute atomic E-state index is 12.4. The molecule has 2 atom stereocenters. The zero-order valence-corrected chi connectivity index (χ0v) is 8.17. The first-order chi connectivity index (χ1) is 6.71. The van der Waals surface area contributed by atoms with Crippen LogP contribution < -0.4 is 0 Å². The van der Waals surface area contributed by atoms with E-state index in [1.54, 1.807) is 0 Å². The zero-order valence-electron chi connectivity index (χ0n) is 8.17. The molecule has 0 aliphatic carbocycles. The summed E-state index contributed by atoms with van der Waals surface area (Å²) in [4.78, 5) is 21.2. The number of esters is 1. The number of carbonyl (C=O) groups is 2. The molecule has 0 spiro atoms. The molecule has 0 amide bonds. The highest BCUT2D eigenvalue weighted by molar-refractivity contribution is 5.84. The summed E-state index contributed by atoms with van der Waals surface area (Å²) in [6, 6.07) is 0. The molecule has 0 saturated heterocycles. The summed E-state index contributed by atoms with van der Waals surface area (Å²) in [5.41, 5.74) is -3.77. The van der Waals surface area contributed by atoms with Gasteiger partial charge >= 0.3 is 12.1 Å². The van der Waals surface area contributed by atoms with Gasteiger partial charge in [-0.05, 0) is 6.92 Å². The SMILES string of the molecule is CCOC(=O)[C@@](O)([C@H](C)C=O)C(F)(F)F. The van der Waals surface area contributed by atoms with Gasteiger partial charge in [0.1, 0.15) is 6.29 Å². The van der Waals surface area contributed by atoms with Gasteiger partial charge in [-0.2, -0.15) is 13.2 Å². The smallest absolute Gasteiger partial charge is 0.428 e. The molecule has 0 aliphatic heterocycles. The fourth-order valence-corrected chi connectivity index (χ4v) is 0.899. The number of ether oxygens (including phenoxy) is 1. The zero-order chi connectivity index (χ0) is 12.3. The molecular weight excluding hydrogens is 217 g/mol. The summed E-state index contributed by atoms with van der Waals surface area (Å²) in [7, 11) is 0. The Morgan fingerprint density at radius 2 is 2.00 bits per heavy atom. The Morgan fingerprint density at radius 3 is 2.27 bits per heavy atom. The number of alkyl halides is 3. The van der Waals surface area contributed by atoms with Gasteiger partial charge in [0.05, 0.1) is 12.5 Å². The molecule has 0 aromatic carbocycles. The van der Waals surface area contributed by atoms with E-state index in [2.05, 4.69) is 4.74 Å². The highest BCUT2D eigenvalue weighted by Gasteiger charge is 2.64. The number of halogens is 3. The topological polar surface area (TPSA) is 63.6 Å². The standard InChI is InChI=1S/C8H11F3O4/c1-3-15-6(13)7(14,5(2)4-12)8(9,10)11/h4-5,14H,3H2,1-2H3/t5-,7+/m1/s1. The van der Waals surface area contributed by atoms with Crippen molar-refractivity contribution in [3.8, 4) is 0 Å². The highest BCUT2D eigenvalue weighted by Crippen LogP contribution is 2.36. The minimum Gasteiger partial charge on any atom is -0.464 e. The van der Waals surface area contributed by atoms with Crippen LogP contribution in [0.3, 0.4) is 0 Å². The number of hydrogen-bond acceptors (Lipinski definition) is 4. The molecule has 0 rings (SSSR count). The first kappa shape index (κ1) is 13.9. The van der Waals surface area contributed by atoms with Crippen LogP contribution in [0.4, 0.5) is 13.2 Å². The van der Waals surface area contributed by atoms with Crippen LogP contribution in [0.25, 0.3) is 0 Å². The Balaban J connectivity index is 5.21. The van der Waals surface area contributed by atoms with E-state index >= 15 is 0 Å². The summed E-state index contributed by atoms with van der Waals surface area (Å²) in [6.45, 7) is 1.76. The molecule has 7 heteroatoms. The predicted molar refractivity (Wildman–Crippen MR) is 42.9 cm³/mol. The van der Waals surface area contributed by atoms with Crippen LogP contribution in [-0.4, -0.2) is 35.7 Å². The van der Waals surface area contributed by atoms with Crippen molar-refractivity contribution in [1.29, 1.82) is 0 Å². The molecule has 0 aromatic heterocycles. The van der Waals surface area contributed by atoms with E-state index in [9.17, 15) is 27.9 Å². The average molecular weight is 228 g/mol. The molecule has 4 nitrogen and oxygen atoms in total. The fourth-order valence-electron chi connectivity index (χ4n) is 0.899. The van der Waals surface area contributed by atoms with E-state index in [1.807, 2.05) is 0 Å².